The molecular formula is C33H26FIN2O5. The number of phenolic OH excluding ortho intramolecular Hbond substituents is 1. The molecule has 2 aliphatic carbocycles. The summed E-state index contributed by atoms with van der Waals surface area (Å²) in [4.78, 5) is 58.6. The fraction of sp³-hybridized carbons (Fsp3) is 0.273. The average molecular weight is 676 g/mol. The molecule has 0 bridgehead atoms. The Balaban J connectivity index is 1.37. The zero-order valence-electron chi connectivity index (χ0n) is 22.5. The number of anilines is 2. The number of hydrogen-bond donors (Lipinski definition) is 1. The van der Waals surface area contributed by atoms with Crippen molar-refractivity contribution >= 4 is 57.6 Å². The molecule has 7 nitrogen and oxygen atoms in total. The van der Waals surface area contributed by atoms with E-state index >= 15 is 0 Å². The molecule has 2 aliphatic heterocycles. The van der Waals surface area contributed by atoms with Crippen LogP contribution < -0.4 is 9.80 Å². The molecule has 0 unspecified atom stereocenters. The van der Waals surface area contributed by atoms with E-state index in [1.807, 2.05) is 18.2 Å². The number of hydrogen-bond acceptors (Lipinski definition) is 5. The summed E-state index contributed by atoms with van der Waals surface area (Å²) in [7, 11) is 0. The molecule has 3 fully saturated rings. The first kappa shape index (κ1) is 27.0. The number of imide groups is 2. The summed E-state index contributed by atoms with van der Waals surface area (Å²) in [6.45, 7) is 1.75. The molecule has 3 aromatic carbocycles. The molecule has 4 amide bonds. The number of benzene rings is 3. The highest BCUT2D eigenvalue weighted by Crippen LogP contribution is 2.63. The van der Waals surface area contributed by atoms with Crippen LogP contribution in [0.3, 0.4) is 0 Å². The molecule has 1 N–H and O–H groups in total. The predicted octanol–water partition coefficient (Wildman–Crippen LogP) is 5.57. The number of allylic oxidation sites excluding steroid dienone is 2. The highest BCUT2D eigenvalue weighted by molar-refractivity contribution is 14.1. The topological polar surface area (TPSA) is 95.0 Å². The first-order valence-corrected chi connectivity index (χ1v) is 15.0. The van der Waals surface area contributed by atoms with Gasteiger partial charge in [-0.15, -0.1) is 0 Å². The van der Waals surface area contributed by atoms with Crippen molar-refractivity contribution in [2.75, 3.05) is 9.80 Å². The van der Waals surface area contributed by atoms with Crippen molar-refractivity contribution in [3.05, 3.63) is 99.4 Å². The van der Waals surface area contributed by atoms with E-state index < -0.39 is 52.5 Å². The van der Waals surface area contributed by atoms with E-state index in [4.69, 9.17) is 0 Å². The zero-order chi connectivity index (χ0) is 29.5. The number of amides is 4. The van der Waals surface area contributed by atoms with Gasteiger partial charge in [-0.3, -0.25) is 24.1 Å². The second-order valence-electron chi connectivity index (χ2n) is 11.7. The standard InChI is InChI=1S/C33H26FIN2O5/c1-33-24(30(40)37(32(33)42)19-5-3-2-4-6-19)16-23-21(28(33)17-7-14-26(38)25(34)15-17)12-13-22-27(23)31(41)36(29(22)39)20-10-8-18(35)9-11-20/h2-12,14-15,22-24,27-28,38H,13,16H2,1H3/t22-,23+,24-,27-,28-,33+/m0/s1. The van der Waals surface area contributed by atoms with Gasteiger partial charge in [0.15, 0.2) is 11.6 Å². The first-order chi connectivity index (χ1) is 20.1. The molecule has 212 valence electrons. The third-order valence-electron chi connectivity index (χ3n) is 9.68. The van der Waals surface area contributed by atoms with Crippen LogP contribution in [0.15, 0.2) is 84.4 Å². The van der Waals surface area contributed by atoms with Crippen molar-refractivity contribution in [1.82, 2.24) is 0 Å². The van der Waals surface area contributed by atoms with Crippen molar-refractivity contribution in [3.8, 4) is 5.75 Å². The number of carbonyl (C=O) groups is 4. The smallest absolute Gasteiger partial charge is 0.241 e. The Morgan fingerprint density at radius 2 is 1.55 bits per heavy atom. The van der Waals surface area contributed by atoms with Gasteiger partial charge in [0.2, 0.25) is 23.6 Å². The molecule has 9 heteroatoms. The van der Waals surface area contributed by atoms with Crippen LogP contribution in [-0.2, 0) is 19.2 Å². The quantitative estimate of drug-likeness (QED) is 0.223. The lowest BCUT2D eigenvalue weighted by Gasteiger charge is -2.49. The van der Waals surface area contributed by atoms with Crippen molar-refractivity contribution in [3.63, 3.8) is 0 Å². The minimum atomic E-state index is -1.27. The fourth-order valence-corrected chi connectivity index (χ4v) is 8.13. The maximum atomic E-state index is 14.8. The SMILES string of the molecule is C[C@@]12C(=O)N(c3ccccc3)C(=O)[C@@H]1C[C@@H]1C(=CC[C@@H]3C(=O)N(c4ccc(I)cc4)C(=O)[C@@H]31)[C@@H]2c1ccc(O)c(F)c1. The van der Waals surface area contributed by atoms with Gasteiger partial charge in [-0.2, -0.15) is 0 Å². The number of para-hydroxylation sites is 1. The van der Waals surface area contributed by atoms with E-state index in [1.54, 1.807) is 55.5 Å². The van der Waals surface area contributed by atoms with Crippen molar-refractivity contribution in [2.24, 2.45) is 29.1 Å². The van der Waals surface area contributed by atoms with Crippen molar-refractivity contribution in [1.29, 1.82) is 0 Å². The summed E-state index contributed by atoms with van der Waals surface area (Å²) in [5.74, 6) is -6.05. The van der Waals surface area contributed by atoms with Crippen LogP contribution in [0.5, 0.6) is 5.75 Å². The van der Waals surface area contributed by atoms with E-state index in [1.165, 1.54) is 21.9 Å². The van der Waals surface area contributed by atoms with Crippen LogP contribution in [0.2, 0.25) is 0 Å². The van der Waals surface area contributed by atoms with Gasteiger partial charge in [0.05, 0.1) is 34.5 Å². The third-order valence-corrected chi connectivity index (χ3v) is 10.4. The van der Waals surface area contributed by atoms with E-state index in [0.29, 0.717) is 23.4 Å². The normalized spacial score (nSPS) is 30.3. The van der Waals surface area contributed by atoms with Gasteiger partial charge in [-0.25, -0.2) is 9.29 Å². The van der Waals surface area contributed by atoms with Gasteiger partial charge in [-0.1, -0.05) is 35.9 Å². The van der Waals surface area contributed by atoms with Gasteiger partial charge in [0.1, 0.15) is 0 Å². The largest absolute Gasteiger partial charge is 0.505 e. The Morgan fingerprint density at radius 1 is 0.857 bits per heavy atom. The lowest BCUT2D eigenvalue weighted by molar-refractivity contribution is -0.131. The monoisotopic (exact) mass is 676 g/mol. The van der Waals surface area contributed by atoms with Crippen LogP contribution >= 0.6 is 22.6 Å². The van der Waals surface area contributed by atoms with Crippen molar-refractivity contribution < 1.29 is 28.7 Å². The van der Waals surface area contributed by atoms with Crippen LogP contribution in [0.4, 0.5) is 15.8 Å². The molecular weight excluding hydrogens is 650 g/mol. The molecule has 0 spiro atoms. The maximum Gasteiger partial charge on any atom is 0.241 e. The Kier molecular flexibility index (Phi) is 6.16. The van der Waals surface area contributed by atoms with Gasteiger partial charge in [-0.05, 0) is 102 Å². The number of carbonyl (C=O) groups excluding carboxylic acids is 4. The van der Waals surface area contributed by atoms with E-state index in [2.05, 4.69) is 22.6 Å². The summed E-state index contributed by atoms with van der Waals surface area (Å²) >= 11 is 2.16. The van der Waals surface area contributed by atoms with Crippen LogP contribution in [0, 0.1) is 38.5 Å². The highest BCUT2D eigenvalue weighted by Gasteiger charge is 2.67. The number of halogens is 2. The van der Waals surface area contributed by atoms with E-state index in [0.717, 1.165) is 9.14 Å². The Labute approximate surface area is 255 Å². The Hall–Kier alpha value is -3.86. The molecule has 3 aromatic rings. The molecule has 0 aromatic heterocycles. The van der Waals surface area contributed by atoms with Gasteiger partial charge in [0.25, 0.3) is 0 Å². The molecule has 1 saturated carbocycles. The average Bonchev–Trinajstić information content (AvgIpc) is 3.35. The van der Waals surface area contributed by atoms with Crippen molar-refractivity contribution in [2.45, 2.75) is 25.7 Å². The minimum absolute atomic E-state index is 0.216. The third kappa shape index (κ3) is 3.68. The number of fused-ring (bicyclic) bond motifs is 4. The molecule has 0 radical (unpaired) electrons. The lowest BCUT2D eigenvalue weighted by Crippen LogP contribution is -2.48. The molecule has 6 atom stereocenters. The number of aromatic hydroxyl groups is 1. The number of rotatable bonds is 3. The fourth-order valence-electron chi connectivity index (χ4n) is 7.77. The second kappa shape index (κ2) is 9.58. The minimum Gasteiger partial charge on any atom is -0.505 e. The first-order valence-electron chi connectivity index (χ1n) is 13.9. The predicted molar refractivity (Wildman–Crippen MR) is 161 cm³/mol. The summed E-state index contributed by atoms with van der Waals surface area (Å²) in [6, 6.07) is 19.9. The molecule has 7 rings (SSSR count). The number of phenols is 1. The number of nitrogens with zero attached hydrogens (tertiary/aromatic N) is 2. The lowest BCUT2D eigenvalue weighted by atomic mass is 9.51. The van der Waals surface area contributed by atoms with Gasteiger partial charge < -0.3 is 5.11 Å². The summed E-state index contributed by atoms with van der Waals surface area (Å²) in [6.07, 6.45) is 2.44. The van der Waals surface area contributed by atoms with E-state index in [-0.39, 0.29) is 24.1 Å². The van der Waals surface area contributed by atoms with Gasteiger partial charge >= 0.3 is 0 Å². The Bertz CT molecular complexity index is 1710. The Morgan fingerprint density at radius 3 is 2.24 bits per heavy atom. The van der Waals surface area contributed by atoms with Crippen LogP contribution in [0.25, 0.3) is 0 Å². The molecule has 42 heavy (non-hydrogen) atoms. The maximum absolute atomic E-state index is 14.8. The summed E-state index contributed by atoms with van der Waals surface area (Å²) in [5.41, 5.74) is 0.885. The summed E-state index contributed by atoms with van der Waals surface area (Å²) in [5, 5.41) is 9.95. The zero-order valence-corrected chi connectivity index (χ0v) is 24.7. The van der Waals surface area contributed by atoms with Crippen LogP contribution in [0.1, 0.15) is 31.2 Å². The van der Waals surface area contributed by atoms with Crippen LogP contribution in [-0.4, -0.2) is 28.7 Å². The molecule has 4 aliphatic rings. The molecule has 2 heterocycles. The van der Waals surface area contributed by atoms with Gasteiger partial charge in [0, 0.05) is 9.49 Å². The highest BCUT2D eigenvalue weighted by atomic mass is 127. The second-order valence-corrected chi connectivity index (χ2v) is 12.9. The molecule has 2 saturated heterocycles. The summed E-state index contributed by atoms with van der Waals surface area (Å²) < 4.78 is 15.8. The van der Waals surface area contributed by atoms with E-state index in [9.17, 15) is 28.7 Å².